The van der Waals surface area contributed by atoms with Gasteiger partial charge < -0.3 is 9.47 Å². The van der Waals surface area contributed by atoms with E-state index in [1.807, 2.05) is 0 Å². The summed E-state index contributed by atoms with van der Waals surface area (Å²) in [7, 11) is -2.34. The molecule has 0 amide bonds. The molecule has 2 aromatic rings. The fraction of sp³-hybridized carbons (Fsp3) is 0.368. The van der Waals surface area contributed by atoms with Crippen LogP contribution < -0.4 is 9.46 Å². The lowest BCUT2D eigenvalue weighted by atomic mass is 10.0. The van der Waals surface area contributed by atoms with Crippen molar-refractivity contribution in [3.63, 3.8) is 0 Å². The molecule has 2 aromatic carbocycles. The van der Waals surface area contributed by atoms with E-state index < -0.39 is 10.0 Å². The number of methoxy groups -OCH3 is 1. The van der Waals surface area contributed by atoms with Crippen molar-refractivity contribution in [3.05, 3.63) is 58.9 Å². The molecule has 0 radical (unpaired) electrons. The van der Waals surface area contributed by atoms with Crippen LogP contribution in [0.4, 0.5) is 4.39 Å². The summed E-state index contributed by atoms with van der Waals surface area (Å²) in [4.78, 5) is 2.13. The molecule has 0 saturated carbocycles. The molecule has 1 fully saturated rings. The highest BCUT2D eigenvalue weighted by atomic mass is 35.5. The van der Waals surface area contributed by atoms with Gasteiger partial charge in [-0.2, -0.15) is 0 Å². The summed E-state index contributed by atoms with van der Waals surface area (Å²) in [5, 5.41) is 0.209. The van der Waals surface area contributed by atoms with Crippen molar-refractivity contribution in [2.45, 2.75) is 10.9 Å². The number of hydrogen-bond acceptors (Lipinski definition) is 5. The second kappa shape index (κ2) is 9.19. The fourth-order valence-corrected chi connectivity index (χ4v) is 4.53. The Morgan fingerprint density at radius 2 is 2.00 bits per heavy atom. The average molecular weight is 429 g/mol. The van der Waals surface area contributed by atoms with Crippen LogP contribution in [0.2, 0.25) is 5.02 Å². The highest BCUT2D eigenvalue weighted by molar-refractivity contribution is 7.89. The third kappa shape index (κ3) is 5.01. The van der Waals surface area contributed by atoms with Gasteiger partial charge in [-0.05, 0) is 35.9 Å². The normalized spacial score (nSPS) is 16.7. The molecule has 9 heteroatoms. The van der Waals surface area contributed by atoms with Gasteiger partial charge in [0.2, 0.25) is 10.0 Å². The van der Waals surface area contributed by atoms with Gasteiger partial charge in [-0.3, -0.25) is 4.90 Å². The number of nitrogens with zero attached hydrogens (tertiary/aromatic N) is 1. The minimum Gasteiger partial charge on any atom is -0.495 e. The average Bonchev–Trinajstić information content (AvgIpc) is 2.69. The number of rotatable bonds is 7. The van der Waals surface area contributed by atoms with Gasteiger partial charge in [-0.1, -0.05) is 23.7 Å². The summed E-state index contributed by atoms with van der Waals surface area (Å²) < 4.78 is 52.3. The fourth-order valence-electron chi connectivity index (χ4n) is 3.15. The van der Waals surface area contributed by atoms with Gasteiger partial charge in [0.1, 0.15) is 11.6 Å². The van der Waals surface area contributed by atoms with Gasteiger partial charge in [0.25, 0.3) is 0 Å². The SMILES string of the molecule is COc1ccc(S(=O)(=O)NCC(c2cccc(F)c2)N2CCOCC2)cc1Cl. The van der Waals surface area contributed by atoms with Crippen LogP contribution in [0.5, 0.6) is 5.75 Å². The van der Waals surface area contributed by atoms with Crippen molar-refractivity contribution in [1.82, 2.24) is 9.62 Å². The van der Waals surface area contributed by atoms with Crippen molar-refractivity contribution in [2.75, 3.05) is 40.0 Å². The van der Waals surface area contributed by atoms with Gasteiger partial charge in [-0.15, -0.1) is 0 Å². The smallest absolute Gasteiger partial charge is 0.240 e. The summed E-state index contributed by atoms with van der Waals surface area (Å²) in [6.07, 6.45) is 0. The number of morpholine rings is 1. The van der Waals surface area contributed by atoms with Crippen LogP contribution in [-0.2, 0) is 14.8 Å². The first-order valence-electron chi connectivity index (χ1n) is 8.81. The lowest BCUT2D eigenvalue weighted by Crippen LogP contribution is -2.43. The molecule has 1 unspecified atom stereocenters. The molecule has 28 heavy (non-hydrogen) atoms. The summed E-state index contributed by atoms with van der Waals surface area (Å²) in [5.41, 5.74) is 0.706. The number of benzene rings is 2. The van der Waals surface area contributed by atoms with Crippen LogP contribution >= 0.6 is 11.6 Å². The number of sulfonamides is 1. The topological polar surface area (TPSA) is 67.9 Å². The van der Waals surface area contributed by atoms with Crippen molar-refractivity contribution < 1.29 is 22.3 Å². The van der Waals surface area contributed by atoms with Gasteiger partial charge in [0.05, 0.1) is 30.2 Å². The van der Waals surface area contributed by atoms with Crippen LogP contribution in [0, 0.1) is 5.82 Å². The van der Waals surface area contributed by atoms with Crippen LogP contribution in [-0.4, -0.2) is 53.3 Å². The van der Waals surface area contributed by atoms with Crippen LogP contribution in [0.3, 0.4) is 0 Å². The summed E-state index contributed by atoms with van der Waals surface area (Å²) in [5.74, 6) is 0.0344. The number of halogens is 2. The standard InChI is InChI=1S/C19H22ClFN2O4S/c1-26-19-6-5-16(12-17(19)20)28(24,25)22-13-18(23-7-9-27-10-8-23)14-3-2-4-15(21)11-14/h2-6,11-12,18,22H,7-10,13H2,1H3. The third-order valence-corrected chi connectivity index (χ3v) is 6.34. The Kier molecular flexibility index (Phi) is 6.90. The number of nitrogens with one attached hydrogen (secondary N) is 1. The maximum Gasteiger partial charge on any atom is 0.240 e. The van der Waals surface area contributed by atoms with E-state index in [-0.39, 0.29) is 28.3 Å². The third-order valence-electron chi connectivity index (χ3n) is 4.62. The molecule has 0 bridgehead atoms. The summed E-state index contributed by atoms with van der Waals surface area (Å²) >= 11 is 6.05. The number of hydrogen-bond donors (Lipinski definition) is 1. The van der Waals surface area contributed by atoms with Gasteiger partial charge in [-0.25, -0.2) is 17.5 Å². The molecule has 1 atom stereocenters. The van der Waals surface area contributed by atoms with E-state index in [0.29, 0.717) is 37.6 Å². The predicted molar refractivity (Wildman–Crippen MR) is 105 cm³/mol. The van der Waals surface area contributed by atoms with E-state index in [2.05, 4.69) is 9.62 Å². The zero-order chi connectivity index (χ0) is 20.1. The van der Waals surface area contributed by atoms with Crippen LogP contribution in [0.1, 0.15) is 11.6 Å². The van der Waals surface area contributed by atoms with E-state index >= 15 is 0 Å². The Labute approximate surface area is 169 Å². The summed E-state index contributed by atoms with van der Waals surface area (Å²) in [6.45, 7) is 2.46. The minimum absolute atomic E-state index is 0.0401. The molecule has 1 heterocycles. The molecule has 152 valence electrons. The highest BCUT2D eigenvalue weighted by Gasteiger charge is 2.25. The second-order valence-electron chi connectivity index (χ2n) is 6.37. The quantitative estimate of drug-likeness (QED) is 0.734. The largest absolute Gasteiger partial charge is 0.495 e. The predicted octanol–water partition coefficient (Wildman–Crippen LogP) is 2.84. The Morgan fingerprint density at radius 1 is 1.25 bits per heavy atom. The maximum absolute atomic E-state index is 13.7. The molecule has 0 aromatic heterocycles. The molecule has 1 aliphatic heterocycles. The highest BCUT2D eigenvalue weighted by Crippen LogP contribution is 2.27. The Morgan fingerprint density at radius 3 is 2.64 bits per heavy atom. The molecular weight excluding hydrogens is 407 g/mol. The zero-order valence-corrected chi connectivity index (χ0v) is 17.0. The van der Waals surface area contributed by atoms with E-state index in [4.69, 9.17) is 21.1 Å². The van der Waals surface area contributed by atoms with Crippen LogP contribution in [0.25, 0.3) is 0 Å². The van der Waals surface area contributed by atoms with Gasteiger partial charge in [0, 0.05) is 25.7 Å². The molecule has 6 nitrogen and oxygen atoms in total. The molecule has 0 spiro atoms. The monoisotopic (exact) mass is 428 g/mol. The Bertz CT molecular complexity index is 920. The second-order valence-corrected chi connectivity index (χ2v) is 8.54. The van der Waals surface area contributed by atoms with Crippen molar-refractivity contribution >= 4 is 21.6 Å². The Hall–Kier alpha value is -1.71. The first kappa shape index (κ1) is 21.0. The lowest BCUT2D eigenvalue weighted by molar-refractivity contribution is 0.0171. The van der Waals surface area contributed by atoms with Crippen molar-refractivity contribution in [1.29, 1.82) is 0 Å². The summed E-state index contributed by atoms with van der Waals surface area (Å²) in [6, 6.07) is 10.2. The lowest BCUT2D eigenvalue weighted by Gasteiger charge is -2.34. The molecule has 0 aliphatic carbocycles. The van der Waals surface area contributed by atoms with E-state index in [1.54, 1.807) is 12.1 Å². The Balaban J connectivity index is 1.81. The molecule has 1 saturated heterocycles. The van der Waals surface area contributed by atoms with Gasteiger partial charge >= 0.3 is 0 Å². The first-order chi connectivity index (χ1) is 13.4. The first-order valence-corrected chi connectivity index (χ1v) is 10.7. The maximum atomic E-state index is 13.7. The molecule has 1 N–H and O–H groups in total. The van der Waals surface area contributed by atoms with Gasteiger partial charge in [0.15, 0.2) is 0 Å². The molecule has 3 rings (SSSR count). The molecular formula is C19H22ClFN2O4S. The zero-order valence-electron chi connectivity index (χ0n) is 15.4. The van der Waals surface area contributed by atoms with E-state index in [0.717, 1.165) is 0 Å². The van der Waals surface area contributed by atoms with Crippen molar-refractivity contribution in [3.8, 4) is 5.75 Å². The van der Waals surface area contributed by atoms with E-state index in [1.165, 1.54) is 37.4 Å². The minimum atomic E-state index is -3.80. The van der Waals surface area contributed by atoms with Crippen LogP contribution in [0.15, 0.2) is 47.4 Å². The van der Waals surface area contributed by atoms with Crippen molar-refractivity contribution in [2.24, 2.45) is 0 Å². The number of ether oxygens (including phenoxy) is 2. The van der Waals surface area contributed by atoms with E-state index in [9.17, 15) is 12.8 Å². The molecule has 1 aliphatic rings.